The molecule has 3 aromatic carbocycles. The van der Waals surface area contributed by atoms with Gasteiger partial charge in [-0.1, -0.05) is 54.0 Å². The number of rotatable bonds is 9. The second-order valence-electron chi connectivity index (χ2n) is 11.2. The molecule has 5 rings (SSSR count). The first kappa shape index (κ1) is 30.2. The lowest BCUT2D eigenvalue weighted by atomic mass is 9.89. The maximum atomic E-state index is 12.9. The van der Waals surface area contributed by atoms with Gasteiger partial charge < -0.3 is 19.9 Å². The summed E-state index contributed by atoms with van der Waals surface area (Å²) in [5.74, 6) is 0.182. The van der Waals surface area contributed by atoms with Gasteiger partial charge >= 0.3 is 6.36 Å². The molecular weight excluding hydrogens is 607 g/mol. The van der Waals surface area contributed by atoms with Crippen LogP contribution in [-0.2, 0) is 11.2 Å². The van der Waals surface area contributed by atoms with Crippen molar-refractivity contribution in [2.24, 2.45) is 5.92 Å². The highest BCUT2D eigenvalue weighted by atomic mass is 79.9. The molecule has 1 fully saturated rings. The zero-order valence-electron chi connectivity index (χ0n) is 23.7. The summed E-state index contributed by atoms with van der Waals surface area (Å²) in [5.41, 5.74) is 5.78. The zero-order valence-corrected chi connectivity index (χ0v) is 25.3. The van der Waals surface area contributed by atoms with Crippen molar-refractivity contribution in [1.29, 1.82) is 0 Å². The van der Waals surface area contributed by atoms with E-state index in [0.717, 1.165) is 83.2 Å². The van der Waals surface area contributed by atoms with Crippen molar-refractivity contribution < 1.29 is 22.7 Å². The molecule has 222 valence electrons. The van der Waals surface area contributed by atoms with Gasteiger partial charge in [0.2, 0.25) is 5.91 Å². The minimum atomic E-state index is -4.74. The normalized spacial score (nSPS) is 14.9. The van der Waals surface area contributed by atoms with E-state index in [9.17, 15) is 18.0 Å². The summed E-state index contributed by atoms with van der Waals surface area (Å²) in [5, 5.41) is 3.75. The van der Waals surface area contributed by atoms with Gasteiger partial charge in [-0.15, -0.1) is 13.2 Å². The van der Waals surface area contributed by atoms with Gasteiger partial charge in [0.05, 0.1) is 0 Å². The highest BCUT2D eigenvalue weighted by Gasteiger charge is 2.31. The second kappa shape index (κ2) is 12.9. The van der Waals surface area contributed by atoms with Crippen LogP contribution in [0.15, 0.2) is 71.2 Å². The molecule has 9 heteroatoms. The number of H-pyrrole nitrogens is 1. The van der Waals surface area contributed by atoms with Crippen LogP contribution in [0.3, 0.4) is 0 Å². The number of halogens is 4. The fraction of sp³-hybridized carbons (Fsp3) is 0.364. The van der Waals surface area contributed by atoms with E-state index in [1.165, 1.54) is 17.7 Å². The molecule has 0 radical (unpaired) electrons. The lowest BCUT2D eigenvalue weighted by Gasteiger charge is -2.32. The molecule has 1 aromatic heterocycles. The first-order chi connectivity index (χ1) is 20.1. The number of benzene rings is 3. The molecule has 5 nitrogen and oxygen atoms in total. The second-order valence-corrected chi connectivity index (χ2v) is 12.1. The van der Waals surface area contributed by atoms with Crippen LogP contribution < -0.4 is 10.1 Å². The number of alkyl halides is 3. The van der Waals surface area contributed by atoms with Crippen LogP contribution in [0, 0.1) is 5.92 Å². The van der Waals surface area contributed by atoms with Crippen molar-refractivity contribution >= 4 is 38.4 Å². The number of carbonyl (C=O) groups excluding carboxylic acids is 1. The van der Waals surface area contributed by atoms with Gasteiger partial charge in [0.1, 0.15) is 5.75 Å². The van der Waals surface area contributed by atoms with E-state index in [0.29, 0.717) is 5.92 Å². The average Bonchev–Trinajstić information content (AvgIpc) is 3.30. The average molecular weight is 643 g/mol. The van der Waals surface area contributed by atoms with Gasteiger partial charge in [-0.3, -0.25) is 4.79 Å². The largest absolute Gasteiger partial charge is 0.573 e. The number of piperidine rings is 1. The van der Waals surface area contributed by atoms with Crippen molar-refractivity contribution in [3.05, 3.63) is 82.3 Å². The molecule has 4 aromatic rings. The van der Waals surface area contributed by atoms with Crippen molar-refractivity contribution in [1.82, 2.24) is 9.88 Å². The van der Waals surface area contributed by atoms with Gasteiger partial charge in [0.15, 0.2) is 0 Å². The third kappa shape index (κ3) is 7.55. The van der Waals surface area contributed by atoms with Crippen molar-refractivity contribution in [2.75, 3.05) is 25.0 Å². The van der Waals surface area contributed by atoms with Gasteiger partial charge in [0.25, 0.3) is 0 Å². The summed E-state index contributed by atoms with van der Waals surface area (Å²) in [6.07, 6.45) is -1.07. The Morgan fingerprint density at radius 1 is 1.07 bits per heavy atom. The summed E-state index contributed by atoms with van der Waals surface area (Å²) in [6, 6.07) is 20.6. The Balaban J connectivity index is 1.25. The number of likely N-dealkylation sites (tertiary alicyclic amines) is 1. The number of carbonyl (C=O) groups is 1. The van der Waals surface area contributed by atoms with E-state index < -0.39 is 6.36 Å². The zero-order chi connectivity index (χ0) is 29.9. The quantitative estimate of drug-likeness (QED) is 0.192. The number of aromatic amines is 1. The lowest BCUT2D eigenvalue weighted by Crippen LogP contribution is -2.33. The monoisotopic (exact) mass is 641 g/mol. The number of hydrogen-bond donors (Lipinski definition) is 2. The number of nitrogens with zero attached hydrogens (tertiary/aromatic N) is 1. The lowest BCUT2D eigenvalue weighted by molar-refractivity contribution is -0.274. The van der Waals surface area contributed by atoms with Crippen LogP contribution in [0.2, 0.25) is 0 Å². The van der Waals surface area contributed by atoms with Crippen molar-refractivity contribution in [3.63, 3.8) is 0 Å². The minimum absolute atomic E-state index is 0.0181. The molecular formula is C33H35BrF3N3O2. The molecule has 1 aliphatic heterocycles. The fourth-order valence-corrected chi connectivity index (χ4v) is 5.94. The van der Waals surface area contributed by atoms with Gasteiger partial charge in [-0.25, -0.2) is 0 Å². The Hall–Kier alpha value is -3.30. The van der Waals surface area contributed by atoms with Crippen molar-refractivity contribution in [2.45, 2.75) is 51.8 Å². The smallest absolute Gasteiger partial charge is 0.406 e. The third-order valence-electron chi connectivity index (χ3n) is 7.88. The number of fused-ring (bicyclic) bond motifs is 1. The Labute approximate surface area is 252 Å². The van der Waals surface area contributed by atoms with E-state index in [1.807, 2.05) is 50.2 Å². The SMILES string of the molecule is CC(C)C(=O)Nc1cccc(C2CCN(CCCc3c(-c4ccc(Br)cc4)[nH]c4ccc(OC(F)(F)F)cc34)CC2)c1. The van der Waals surface area contributed by atoms with Crippen LogP contribution in [0.25, 0.3) is 22.2 Å². The molecule has 2 heterocycles. The Morgan fingerprint density at radius 2 is 1.81 bits per heavy atom. The molecule has 0 spiro atoms. The summed E-state index contributed by atoms with van der Waals surface area (Å²) in [4.78, 5) is 18.0. The maximum Gasteiger partial charge on any atom is 0.573 e. The van der Waals surface area contributed by atoms with E-state index in [1.54, 1.807) is 6.07 Å². The van der Waals surface area contributed by atoms with Crippen LogP contribution in [0.5, 0.6) is 5.75 Å². The predicted molar refractivity (Wildman–Crippen MR) is 165 cm³/mol. The Morgan fingerprint density at radius 3 is 2.50 bits per heavy atom. The molecule has 0 bridgehead atoms. The topological polar surface area (TPSA) is 57.4 Å². The number of hydrogen-bond acceptors (Lipinski definition) is 3. The molecule has 0 saturated carbocycles. The number of ether oxygens (including phenoxy) is 1. The van der Waals surface area contributed by atoms with E-state index in [4.69, 9.17) is 0 Å². The highest BCUT2D eigenvalue weighted by molar-refractivity contribution is 9.10. The summed E-state index contributed by atoms with van der Waals surface area (Å²) in [7, 11) is 0. The molecule has 2 N–H and O–H groups in total. The molecule has 1 saturated heterocycles. The van der Waals surface area contributed by atoms with Gasteiger partial charge in [-0.2, -0.15) is 0 Å². The first-order valence-corrected chi connectivity index (χ1v) is 15.1. The Kier molecular flexibility index (Phi) is 9.28. The van der Waals surface area contributed by atoms with E-state index in [2.05, 4.69) is 48.0 Å². The fourth-order valence-electron chi connectivity index (χ4n) is 5.67. The standard InChI is InChI=1S/C33H35BrF3N3O2/c1-21(2)32(41)38-26-6-3-5-24(19-26)22-14-17-40(18-15-22)16-4-7-28-29-20-27(42-33(35,36)37)12-13-30(29)39-31(28)23-8-10-25(34)11-9-23/h3,5-6,8-13,19-22,39H,4,7,14-18H2,1-2H3,(H,38,41). The number of aryl methyl sites for hydroxylation is 1. The minimum Gasteiger partial charge on any atom is -0.406 e. The molecule has 1 aliphatic rings. The summed E-state index contributed by atoms with van der Waals surface area (Å²) < 4.78 is 44.0. The number of nitrogens with one attached hydrogen (secondary N) is 2. The molecule has 42 heavy (non-hydrogen) atoms. The van der Waals surface area contributed by atoms with Crippen molar-refractivity contribution in [3.8, 4) is 17.0 Å². The first-order valence-electron chi connectivity index (χ1n) is 14.3. The summed E-state index contributed by atoms with van der Waals surface area (Å²) in [6.45, 7) is 6.63. The van der Waals surface area contributed by atoms with Gasteiger partial charge in [-0.05, 0) is 110 Å². The van der Waals surface area contributed by atoms with Crippen LogP contribution in [-0.4, -0.2) is 41.8 Å². The number of aromatic nitrogens is 1. The number of amides is 1. The highest BCUT2D eigenvalue weighted by Crippen LogP contribution is 2.36. The van der Waals surface area contributed by atoms with Crippen LogP contribution in [0.4, 0.5) is 18.9 Å². The van der Waals surface area contributed by atoms with Gasteiger partial charge in [0, 0.05) is 32.7 Å². The maximum absolute atomic E-state index is 12.9. The number of anilines is 1. The summed E-state index contributed by atoms with van der Waals surface area (Å²) >= 11 is 3.48. The van der Waals surface area contributed by atoms with Crippen LogP contribution in [0.1, 0.15) is 50.2 Å². The van der Waals surface area contributed by atoms with E-state index in [-0.39, 0.29) is 17.6 Å². The molecule has 0 unspecified atom stereocenters. The molecule has 1 amide bonds. The predicted octanol–water partition coefficient (Wildman–Crippen LogP) is 8.90. The third-order valence-corrected chi connectivity index (χ3v) is 8.41. The molecule has 0 aliphatic carbocycles. The molecule has 0 atom stereocenters. The van der Waals surface area contributed by atoms with E-state index >= 15 is 0 Å². The Bertz CT molecular complexity index is 1520. The van der Waals surface area contributed by atoms with Crippen LogP contribution >= 0.6 is 15.9 Å².